The molecule has 2 N–H and O–H groups in total. The van der Waals surface area contributed by atoms with Crippen molar-refractivity contribution in [2.45, 2.75) is 39.7 Å². The molecule has 4 nitrogen and oxygen atoms in total. The summed E-state index contributed by atoms with van der Waals surface area (Å²) in [6.07, 6.45) is 0.812. The zero-order valence-corrected chi connectivity index (χ0v) is 12.9. The van der Waals surface area contributed by atoms with Crippen molar-refractivity contribution in [1.29, 1.82) is 0 Å². The Hall–Kier alpha value is -1.55. The predicted octanol–water partition coefficient (Wildman–Crippen LogP) is 2.34. The van der Waals surface area contributed by atoms with Gasteiger partial charge >= 0.3 is 6.03 Å². The van der Waals surface area contributed by atoms with Gasteiger partial charge in [-0.3, -0.25) is 0 Å². The minimum atomic E-state index is -0.871. The molecule has 0 heterocycles. The Morgan fingerprint density at radius 2 is 1.90 bits per heavy atom. The number of nitrogens with one attached hydrogen (secondary N) is 1. The number of rotatable bonds is 6. The molecule has 0 saturated carbocycles. The van der Waals surface area contributed by atoms with Crippen LogP contribution in [0.5, 0.6) is 0 Å². The van der Waals surface area contributed by atoms with E-state index < -0.39 is 5.60 Å². The fourth-order valence-corrected chi connectivity index (χ4v) is 1.97. The highest BCUT2D eigenvalue weighted by Gasteiger charge is 2.20. The summed E-state index contributed by atoms with van der Waals surface area (Å²) in [5, 5.41) is 12.7. The molecule has 0 aliphatic rings. The topological polar surface area (TPSA) is 52.6 Å². The molecule has 20 heavy (non-hydrogen) atoms. The first kappa shape index (κ1) is 16.5. The van der Waals surface area contributed by atoms with Crippen LogP contribution in [0.1, 0.15) is 31.9 Å². The largest absolute Gasteiger partial charge is 0.389 e. The van der Waals surface area contributed by atoms with Gasteiger partial charge in [-0.25, -0.2) is 4.79 Å². The van der Waals surface area contributed by atoms with Crippen molar-refractivity contribution in [3.63, 3.8) is 0 Å². The van der Waals surface area contributed by atoms with Gasteiger partial charge in [-0.2, -0.15) is 0 Å². The normalized spacial score (nSPS) is 11.2. The Kier molecular flexibility index (Phi) is 6.02. The second-order valence-corrected chi connectivity index (χ2v) is 5.79. The number of likely N-dealkylation sites (N-methyl/N-ethyl adjacent to an activating group) is 1. The van der Waals surface area contributed by atoms with Crippen LogP contribution in [0.15, 0.2) is 24.3 Å². The molecule has 0 unspecified atom stereocenters. The summed E-state index contributed by atoms with van der Waals surface area (Å²) in [6.45, 7) is 8.89. The zero-order valence-electron chi connectivity index (χ0n) is 12.9. The van der Waals surface area contributed by atoms with Crippen LogP contribution in [-0.4, -0.2) is 41.3 Å². The van der Waals surface area contributed by atoms with Gasteiger partial charge in [0.2, 0.25) is 0 Å². The molecule has 0 aliphatic carbocycles. The Balaban J connectivity index is 2.40. The maximum absolute atomic E-state index is 12.0. The second-order valence-electron chi connectivity index (χ2n) is 5.79. The van der Waals surface area contributed by atoms with Crippen molar-refractivity contribution >= 4 is 6.03 Å². The molecule has 0 saturated heterocycles. The molecule has 0 spiro atoms. The van der Waals surface area contributed by atoms with E-state index in [1.165, 1.54) is 11.1 Å². The van der Waals surface area contributed by atoms with Gasteiger partial charge < -0.3 is 15.3 Å². The lowest BCUT2D eigenvalue weighted by molar-refractivity contribution is 0.0480. The van der Waals surface area contributed by atoms with Gasteiger partial charge in [0, 0.05) is 13.1 Å². The highest BCUT2D eigenvalue weighted by molar-refractivity contribution is 5.74. The minimum Gasteiger partial charge on any atom is -0.389 e. The van der Waals surface area contributed by atoms with E-state index in [2.05, 4.69) is 36.5 Å². The number of hydrogen-bond donors (Lipinski definition) is 2. The number of carbonyl (C=O) groups is 1. The predicted molar refractivity (Wildman–Crippen MR) is 81.8 cm³/mol. The van der Waals surface area contributed by atoms with Gasteiger partial charge in [-0.15, -0.1) is 0 Å². The maximum atomic E-state index is 12.0. The van der Waals surface area contributed by atoms with Crippen molar-refractivity contribution in [2.24, 2.45) is 0 Å². The van der Waals surface area contributed by atoms with E-state index >= 15 is 0 Å². The van der Waals surface area contributed by atoms with Crippen LogP contribution in [-0.2, 0) is 6.42 Å². The summed E-state index contributed by atoms with van der Waals surface area (Å²) in [5.41, 5.74) is 1.58. The van der Waals surface area contributed by atoms with Crippen LogP contribution in [0.25, 0.3) is 0 Å². The molecule has 0 radical (unpaired) electrons. The van der Waals surface area contributed by atoms with Gasteiger partial charge in [0.05, 0.1) is 12.1 Å². The van der Waals surface area contributed by atoms with Crippen LogP contribution in [0.4, 0.5) is 4.79 Å². The molecule has 1 aromatic rings. The number of carbonyl (C=O) groups excluding carboxylic acids is 1. The number of urea groups is 1. The number of aliphatic hydroxyl groups is 1. The molecule has 0 bridgehead atoms. The van der Waals surface area contributed by atoms with E-state index in [0.717, 1.165) is 6.42 Å². The average molecular weight is 278 g/mol. The number of benzene rings is 1. The van der Waals surface area contributed by atoms with Crippen LogP contribution in [0, 0.1) is 6.92 Å². The van der Waals surface area contributed by atoms with Gasteiger partial charge in [0.25, 0.3) is 0 Å². The first-order valence-corrected chi connectivity index (χ1v) is 7.12. The summed E-state index contributed by atoms with van der Waals surface area (Å²) >= 11 is 0. The lowest BCUT2D eigenvalue weighted by Gasteiger charge is -2.28. The molecular formula is C16H26N2O2. The Morgan fingerprint density at radius 3 is 2.40 bits per heavy atom. The van der Waals surface area contributed by atoms with Crippen LogP contribution in [0.2, 0.25) is 0 Å². The summed E-state index contributed by atoms with van der Waals surface area (Å²) in [6, 6.07) is 8.18. The van der Waals surface area contributed by atoms with E-state index in [9.17, 15) is 9.90 Å². The molecule has 4 heteroatoms. The van der Waals surface area contributed by atoms with Crippen molar-refractivity contribution in [3.05, 3.63) is 35.4 Å². The van der Waals surface area contributed by atoms with Crippen molar-refractivity contribution < 1.29 is 9.90 Å². The quantitative estimate of drug-likeness (QED) is 0.839. The average Bonchev–Trinajstić information content (AvgIpc) is 2.37. The highest BCUT2D eigenvalue weighted by atomic mass is 16.3. The molecule has 1 aromatic carbocycles. The van der Waals surface area contributed by atoms with E-state index in [-0.39, 0.29) is 6.03 Å². The van der Waals surface area contributed by atoms with Gasteiger partial charge in [-0.1, -0.05) is 29.8 Å². The lowest BCUT2D eigenvalue weighted by atomic mass is 10.1. The third-order valence-electron chi connectivity index (χ3n) is 3.06. The van der Waals surface area contributed by atoms with Crippen LogP contribution in [0.3, 0.4) is 0 Å². The molecule has 0 aromatic heterocycles. The fraction of sp³-hybridized carbons (Fsp3) is 0.562. The van der Waals surface area contributed by atoms with Crippen LogP contribution >= 0.6 is 0 Å². The number of amides is 2. The smallest absolute Gasteiger partial charge is 0.317 e. The molecule has 2 amide bonds. The van der Waals surface area contributed by atoms with E-state index in [1.54, 1.807) is 18.7 Å². The summed E-state index contributed by atoms with van der Waals surface area (Å²) < 4.78 is 0. The lowest BCUT2D eigenvalue weighted by Crippen LogP contribution is -2.47. The summed E-state index contributed by atoms with van der Waals surface area (Å²) in [7, 11) is 0. The Morgan fingerprint density at radius 1 is 1.30 bits per heavy atom. The standard InChI is InChI=1S/C16H26N2O2/c1-5-18(12-16(3,4)20)15(19)17-11-10-14-8-6-13(2)7-9-14/h6-9,20H,5,10-12H2,1-4H3,(H,17,19). The minimum absolute atomic E-state index is 0.123. The van der Waals surface area contributed by atoms with E-state index in [4.69, 9.17) is 0 Å². The third kappa shape index (κ3) is 6.06. The van der Waals surface area contributed by atoms with E-state index in [1.807, 2.05) is 6.92 Å². The molecule has 112 valence electrons. The number of nitrogens with zero attached hydrogens (tertiary/aromatic N) is 1. The van der Waals surface area contributed by atoms with Gasteiger partial charge in [-0.05, 0) is 39.7 Å². The number of hydrogen-bond acceptors (Lipinski definition) is 2. The second kappa shape index (κ2) is 7.29. The molecule has 0 atom stereocenters. The molecule has 0 fully saturated rings. The molecule has 0 aliphatic heterocycles. The Labute approximate surface area is 121 Å². The van der Waals surface area contributed by atoms with Crippen molar-refractivity contribution in [1.82, 2.24) is 10.2 Å². The summed E-state index contributed by atoms with van der Waals surface area (Å²) in [4.78, 5) is 13.6. The first-order valence-electron chi connectivity index (χ1n) is 7.12. The van der Waals surface area contributed by atoms with Crippen molar-refractivity contribution in [2.75, 3.05) is 19.6 Å². The monoisotopic (exact) mass is 278 g/mol. The Bertz CT molecular complexity index is 421. The van der Waals surface area contributed by atoms with E-state index in [0.29, 0.717) is 19.6 Å². The highest BCUT2D eigenvalue weighted by Crippen LogP contribution is 2.06. The third-order valence-corrected chi connectivity index (χ3v) is 3.06. The molecule has 1 rings (SSSR count). The zero-order chi connectivity index (χ0) is 15.2. The maximum Gasteiger partial charge on any atom is 0.317 e. The van der Waals surface area contributed by atoms with Gasteiger partial charge in [0.15, 0.2) is 0 Å². The SMILES string of the molecule is CCN(CC(C)(C)O)C(=O)NCCc1ccc(C)cc1. The van der Waals surface area contributed by atoms with Crippen molar-refractivity contribution in [3.8, 4) is 0 Å². The first-order chi connectivity index (χ1) is 9.31. The molecular weight excluding hydrogens is 252 g/mol. The fourth-order valence-electron chi connectivity index (χ4n) is 1.97. The number of aryl methyl sites for hydroxylation is 1. The summed E-state index contributed by atoms with van der Waals surface area (Å²) in [5.74, 6) is 0. The van der Waals surface area contributed by atoms with Gasteiger partial charge in [0.1, 0.15) is 0 Å². The van der Waals surface area contributed by atoms with Crippen LogP contribution < -0.4 is 5.32 Å².